The maximum Gasteiger partial charge on any atom is 0.407 e. The first-order valence-corrected chi connectivity index (χ1v) is 11.9. The third-order valence-corrected chi connectivity index (χ3v) is 7.22. The van der Waals surface area contributed by atoms with Gasteiger partial charge in [-0.25, -0.2) is 18.4 Å². The summed E-state index contributed by atoms with van der Waals surface area (Å²) < 4.78 is 42.1. The number of carbonyl (C=O) groups excluding carboxylic acids is 1. The number of aromatic nitrogens is 1. The number of hydrogen-bond donors (Lipinski definition) is 2. The van der Waals surface area contributed by atoms with E-state index in [2.05, 4.69) is 5.32 Å². The Balaban J connectivity index is 1.59. The molecule has 9 nitrogen and oxygen atoms in total. The number of anilines is 1. The lowest BCUT2D eigenvalue weighted by molar-refractivity contribution is 0.0493. The molecule has 0 bridgehead atoms. The fourth-order valence-electron chi connectivity index (χ4n) is 5.24. The summed E-state index contributed by atoms with van der Waals surface area (Å²) in [6.07, 6.45) is 1.20. The van der Waals surface area contributed by atoms with E-state index in [1.807, 2.05) is 0 Å². The summed E-state index contributed by atoms with van der Waals surface area (Å²) in [7, 11) is 1.33. The number of rotatable bonds is 5. The van der Waals surface area contributed by atoms with Crippen LogP contribution in [0.2, 0.25) is 0 Å². The number of nitrogens with one attached hydrogen (secondary N) is 1. The second-order valence-electron chi connectivity index (χ2n) is 11.0. The van der Waals surface area contributed by atoms with Gasteiger partial charge in [-0.15, -0.1) is 0 Å². The lowest BCUT2D eigenvalue weighted by atomic mass is 10.0. The number of amides is 1. The van der Waals surface area contributed by atoms with E-state index in [9.17, 15) is 23.9 Å². The number of ether oxygens (including phenoxy) is 2. The summed E-state index contributed by atoms with van der Waals surface area (Å²) in [5.74, 6) is -2.19. The molecule has 0 unspecified atom stereocenters. The SMILES string of the molecule is COc1c(N2C[C@@H](NC(=O)OC(C)(C)C)C3(CC3)C2)c(F)cc2c(=O)c(C(=O)O)cn([C@@H]3C[C@H]3F)c12. The summed E-state index contributed by atoms with van der Waals surface area (Å²) in [6, 6.07) is 0.0400. The van der Waals surface area contributed by atoms with Crippen molar-refractivity contribution in [3.05, 3.63) is 33.9 Å². The molecule has 5 rings (SSSR count). The van der Waals surface area contributed by atoms with Crippen LogP contribution in [0.5, 0.6) is 5.75 Å². The largest absolute Gasteiger partial charge is 0.492 e. The van der Waals surface area contributed by atoms with E-state index in [1.54, 1.807) is 25.7 Å². The standard InChI is InChI=1S/C25H29F2N3O6/c1-24(2,3)36-23(34)28-17-10-29(11-25(17)5-6-25)19-15(27)7-12-18(21(19)35-4)30(16-8-14(16)26)9-13(20(12)31)22(32)33/h7,9,14,16-17H,5-6,8,10-11H2,1-4H3,(H,28,34)(H,32,33)/t14-,16-,17-/m1/s1. The Morgan fingerprint density at radius 2 is 1.94 bits per heavy atom. The molecule has 3 aliphatic rings. The first-order chi connectivity index (χ1) is 16.8. The van der Waals surface area contributed by atoms with Crippen LogP contribution in [0.4, 0.5) is 19.3 Å². The molecule has 2 aromatic rings. The Morgan fingerprint density at radius 3 is 2.47 bits per heavy atom. The summed E-state index contributed by atoms with van der Waals surface area (Å²) in [6.45, 7) is 6.04. The number of alkyl carbamates (subject to hydrolysis) is 1. The Kier molecular flexibility index (Phi) is 5.46. The fourth-order valence-corrected chi connectivity index (χ4v) is 5.24. The van der Waals surface area contributed by atoms with Crippen LogP contribution in [0.15, 0.2) is 17.1 Å². The number of alkyl halides is 1. The molecule has 1 saturated heterocycles. The van der Waals surface area contributed by atoms with Gasteiger partial charge in [0.05, 0.1) is 30.1 Å². The van der Waals surface area contributed by atoms with E-state index in [4.69, 9.17) is 9.47 Å². The maximum absolute atomic E-state index is 15.6. The average Bonchev–Trinajstić information content (AvgIpc) is 3.66. The second-order valence-corrected chi connectivity index (χ2v) is 11.0. The van der Waals surface area contributed by atoms with Gasteiger partial charge >= 0.3 is 12.1 Å². The van der Waals surface area contributed by atoms with Crippen molar-refractivity contribution in [2.75, 3.05) is 25.1 Å². The zero-order valence-corrected chi connectivity index (χ0v) is 20.6. The van der Waals surface area contributed by atoms with Crippen molar-refractivity contribution >= 4 is 28.7 Å². The van der Waals surface area contributed by atoms with Crippen LogP contribution in [0.1, 0.15) is 56.4 Å². The third-order valence-electron chi connectivity index (χ3n) is 7.22. The van der Waals surface area contributed by atoms with Crippen molar-refractivity contribution in [2.45, 2.75) is 63.9 Å². The van der Waals surface area contributed by atoms with E-state index in [0.29, 0.717) is 6.54 Å². The van der Waals surface area contributed by atoms with Crippen molar-refractivity contribution in [3.8, 4) is 5.75 Å². The molecule has 1 aromatic heterocycles. The van der Waals surface area contributed by atoms with Crippen molar-refractivity contribution in [2.24, 2.45) is 5.41 Å². The lowest BCUT2D eigenvalue weighted by Gasteiger charge is -2.25. The molecule has 194 valence electrons. The quantitative estimate of drug-likeness (QED) is 0.639. The summed E-state index contributed by atoms with van der Waals surface area (Å²) >= 11 is 0. The smallest absolute Gasteiger partial charge is 0.407 e. The van der Waals surface area contributed by atoms with Crippen molar-refractivity contribution < 1.29 is 33.0 Å². The highest BCUT2D eigenvalue weighted by molar-refractivity contribution is 5.97. The van der Waals surface area contributed by atoms with Crippen LogP contribution in [0, 0.1) is 11.2 Å². The van der Waals surface area contributed by atoms with Gasteiger partial charge < -0.3 is 29.4 Å². The molecule has 2 N–H and O–H groups in total. The van der Waals surface area contributed by atoms with Crippen LogP contribution in [-0.4, -0.2) is 59.8 Å². The van der Waals surface area contributed by atoms with Gasteiger partial charge in [-0.2, -0.15) is 0 Å². The van der Waals surface area contributed by atoms with Gasteiger partial charge in [0, 0.05) is 31.1 Å². The normalized spacial score (nSPS) is 24.2. The third kappa shape index (κ3) is 4.04. The molecule has 2 aliphatic carbocycles. The van der Waals surface area contributed by atoms with Crippen LogP contribution in [0.3, 0.4) is 0 Å². The Hall–Kier alpha value is -3.37. The van der Waals surface area contributed by atoms with Crippen LogP contribution < -0.4 is 20.4 Å². The average molecular weight is 506 g/mol. The molecule has 2 heterocycles. The number of carbonyl (C=O) groups is 2. The minimum Gasteiger partial charge on any atom is -0.492 e. The van der Waals surface area contributed by atoms with Crippen molar-refractivity contribution in [3.63, 3.8) is 0 Å². The van der Waals surface area contributed by atoms with Crippen LogP contribution >= 0.6 is 0 Å². The highest BCUT2D eigenvalue weighted by atomic mass is 19.1. The fraction of sp³-hybridized carbons (Fsp3) is 0.560. The zero-order chi connectivity index (χ0) is 26.2. The van der Waals surface area contributed by atoms with Gasteiger partial charge in [-0.1, -0.05) is 0 Å². The first-order valence-electron chi connectivity index (χ1n) is 11.9. The number of carboxylic acid groups (broad SMARTS) is 1. The number of carboxylic acids is 1. The van der Waals surface area contributed by atoms with Gasteiger partial charge in [0.1, 0.15) is 23.0 Å². The molecular weight excluding hydrogens is 476 g/mol. The molecule has 1 aromatic carbocycles. The minimum atomic E-state index is -1.47. The molecule has 1 spiro atoms. The number of methoxy groups -OCH3 is 1. The van der Waals surface area contributed by atoms with Crippen molar-refractivity contribution in [1.82, 2.24) is 9.88 Å². The van der Waals surface area contributed by atoms with Gasteiger partial charge in [-0.3, -0.25) is 4.79 Å². The summed E-state index contributed by atoms with van der Waals surface area (Å²) in [4.78, 5) is 38.8. The number of nitrogens with zero attached hydrogens (tertiary/aromatic N) is 2. The number of benzene rings is 1. The van der Waals surface area contributed by atoms with Gasteiger partial charge in [-0.05, 0) is 39.7 Å². The van der Waals surface area contributed by atoms with Crippen molar-refractivity contribution in [1.29, 1.82) is 0 Å². The first kappa shape index (κ1) is 24.3. The molecule has 3 atom stereocenters. The van der Waals surface area contributed by atoms with E-state index in [0.717, 1.165) is 25.1 Å². The summed E-state index contributed by atoms with van der Waals surface area (Å²) in [5.41, 5.74) is -2.08. The predicted octanol–water partition coefficient (Wildman–Crippen LogP) is 3.62. The monoisotopic (exact) mass is 505 g/mol. The number of fused-ring (bicyclic) bond motifs is 1. The topological polar surface area (TPSA) is 110 Å². The highest BCUT2D eigenvalue weighted by Gasteiger charge is 2.56. The predicted molar refractivity (Wildman–Crippen MR) is 127 cm³/mol. The van der Waals surface area contributed by atoms with Gasteiger partial charge in [0.15, 0.2) is 11.6 Å². The Bertz CT molecular complexity index is 1330. The molecule has 2 saturated carbocycles. The number of halogens is 2. The minimum absolute atomic E-state index is 0.0341. The van der Waals surface area contributed by atoms with Gasteiger partial charge in [0.25, 0.3) is 0 Å². The van der Waals surface area contributed by atoms with E-state index >= 15 is 4.39 Å². The molecule has 3 fully saturated rings. The van der Waals surface area contributed by atoms with Crippen LogP contribution in [-0.2, 0) is 4.74 Å². The van der Waals surface area contributed by atoms with Gasteiger partial charge in [0.2, 0.25) is 5.43 Å². The molecule has 36 heavy (non-hydrogen) atoms. The number of hydrogen-bond acceptors (Lipinski definition) is 6. The molecule has 0 radical (unpaired) electrons. The Labute approximate surface area is 206 Å². The molecular formula is C25H29F2N3O6. The van der Waals surface area contributed by atoms with E-state index in [1.165, 1.54) is 11.7 Å². The number of aromatic carboxylic acids is 1. The maximum atomic E-state index is 15.6. The van der Waals surface area contributed by atoms with Crippen LogP contribution in [0.25, 0.3) is 10.9 Å². The molecule has 11 heteroatoms. The lowest BCUT2D eigenvalue weighted by Crippen LogP contribution is -2.44. The zero-order valence-electron chi connectivity index (χ0n) is 20.6. The molecule has 1 amide bonds. The Morgan fingerprint density at radius 1 is 1.28 bits per heavy atom. The highest BCUT2D eigenvalue weighted by Crippen LogP contribution is 2.55. The number of pyridine rings is 1. The second kappa shape index (κ2) is 8.07. The summed E-state index contributed by atoms with van der Waals surface area (Å²) in [5, 5.41) is 12.2. The van der Waals surface area contributed by atoms with E-state index in [-0.39, 0.29) is 46.8 Å². The van der Waals surface area contributed by atoms with E-state index < -0.39 is 46.7 Å². The molecule has 1 aliphatic heterocycles.